The van der Waals surface area contributed by atoms with Crippen molar-refractivity contribution >= 4 is 0 Å². The van der Waals surface area contributed by atoms with E-state index in [4.69, 9.17) is 4.74 Å². The first kappa shape index (κ1) is 16.3. The van der Waals surface area contributed by atoms with E-state index in [0.717, 1.165) is 18.5 Å². The molecule has 20 heavy (non-hydrogen) atoms. The highest BCUT2D eigenvalue weighted by Gasteiger charge is 2.36. The Labute approximate surface area is 125 Å². The Morgan fingerprint density at radius 1 is 1.30 bits per heavy atom. The Kier molecular flexibility index (Phi) is 6.31. The van der Waals surface area contributed by atoms with Crippen LogP contribution in [0, 0.1) is 5.92 Å². The van der Waals surface area contributed by atoms with E-state index in [0.29, 0.717) is 18.2 Å². The van der Waals surface area contributed by atoms with Gasteiger partial charge in [-0.3, -0.25) is 4.90 Å². The number of rotatable bonds is 5. The minimum Gasteiger partial charge on any atom is -0.381 e. The third-order valence-electron chi connectivity index (χ3n) is 5.28. The number of piperazine rings is 1. The summed E-state index contributed by atoms with van der Waals surface area (Å²) in [7, 11) is 1.88. The zero-order chi connectivity index (χ0) is 14.5. The molecular weight excluding hydrogens is 248 g/mol. The van der Waals surface area contributed by atoms with Gasteiger partial charge in [0, 0.05) is 38.3 Å². The smallest absolute Gasteiger partial charge is 0.0586 e. The Bertz CT molecular complexity index is 282. The van der Waals surface area contributed by atoms with Gasteiger partial charge in [-0.2, -0.15) is 0 Å². The minimum atomic E-state index is 0.487. The van der Waals surface area contributed by atoms with E-state index in [1.165, 1.54) is 45.1 Å². The molecule has 4 atom stereocenters. The van der Waals surface area contributed by atoms with Crippen molar-refractivity contribution in [2.24, 2.45) is 5.92 Å². The first-order chi connectivity index (χ1) is 9.65. The van der Waals surface area contributed by atoms with Crippen LogP contribution in [0.5, 0.6) is 0 Å². The van der Waals surface area contributed by atoms with Gasteiger partial charge in [0.05, 0.1) is 6.10 Å². The van der Waals surface area contributed by atoms with Crippen LogP contribution in [0.3, 0.4) is 0 Å². The quantitative estimate of drug-likeness (QED) is 0.839. The first-order valence-corrected chi connectivity index (χ1v) is 8.67. The molecule has 0 amide bonds. The maximum atomic E-state index is 5.64. The fourth-order valence-electron chi connectivity index (χ4n) is 4.08. The number of methoxy groups -OCH3 is 1. The lowest BCUT2D eigenvalue weighted by molar-refractivity contribution is -0.0106. The fraction of sp³-hybridized carbons (Fsp3) is 1.00. The van der Waals surface area contributed by atoms with E-state index in [2.05, 4.69) is 31.0 Å². The van der Waals surface area contributed by atoms with Gasteiger partial charge in [0.2, 0.25) is 0 Å². The SMILES string of the molecule is CCCC1CN(C2CCCC(OC)C2)C(C(C)C)CN1. The van der Waals surface area contributed by atoms with Crippen molar-refractivity contribution in [3.63, 3.8) is 0 Å². The number of ether oxygens (including phenoxy) is 1. The van der Waals surface area contributed by atoms with Crippen LogP contribution in [0.1, 0.15) is 59.3 Å². The number of nitrogens with one attached hydrogen (secondary N) is 1. The van der Waals surface area contributed by atoms with E-state index in [9.17, 15) is 0 Å². The summed E-state index contributed by atoms with van der Waals surface area (Å²) >= 11 is 0. The third-order valence-corrected chi connectivity index (χ3v) is 5.28. The molecule has 3 nitrogen and oxygen atoms in total. The van der Waals surface area contributed by atoms with Gasteiger partial charge in [-0.05, 0) is 38.0 Å². The molecule has 1 aliphatic carbocycles. The minimum absolute atomic E-state index is 0.487. The molecule has 0 aromatic rings. The van der Waals surface area contributed by atoms with E-state index in [1.54, 1.807) is 0 Å². The fourth-order valence-corrected chi connectivity index (χ4v) is 4.08. The highest BCUT2D eigenvalue weighted by Crippen LogP contribution is 2.29. The largest absolute Gasteiger partial charge is 0.381 e. The summed E-state index contributed by atoms with van der Waals surface area (Å²) < 4.78 is 5.64. The first-order valence-electron chi connectivity index (χ1n) is 8.67. The monoisotopic (exact) mass is 282 g/mol. The molecule has 2 aliphatic rings. The second kappa shape index (κ2) is 7.77. The molecule has 1 aliphatic heterocycles. The van der Waals surface area contributed by atoms with Gasteiger partial charge in [-0.25, -0.2) is 0 Å². The number of nitrogens with zero attached hydrogens (tertiary/aromatic N) is 1. The summed E-state index contributed by atoms with van der Waals surface area (Å²) in [5, 5.41) is 3.77. The zero-order valence-electron chi connectivity index (χ0n) is 13.9. The van der Waals surface area contributed by atoms with Gasteiger partial charge in [-0.15, -0.1) is 0 Å². The second-order valence-electron chi connectivity index (χ2n) is 7.08. The molecule has 1 saturated heterocycles. The number of hydrogen-bond acceptors (Lipinski definition) is 3. The van der Waals surface area contributed by atoms with Crippen LogP contribution in [-0.2, 0) is 4.74 Å². The lowest BCUT2D eigenvalue weighted by Gasteiger charge is -2.48. The van der Waals surface area contributed by atoms with Gasteiger partial charge < -0.3 is 10.1 Å². The average molecular weight is 282 g/mol. The third kappa shape index (κ3) is 3.96. The molecule has 0 bridgehead atoms. The summed E-state index contributed by atoms with van der Waals surface area (Å²) in [4.78, 5) is 2.83. The summed E-state index contributed by atoms with van der Waals surface area (Å²) in [5.41, 5.74) is 0. The van der Waals surface area contributed by atoms with Crippen LogP contribution < -0.4 is 5.32 Å². The molecule has 3 heteroatoms. The van der Waals surface area contributed by atoms with Gasteiger partial charge in [0.1, 0.15) is 0 Å². The predicted octanol–water partition coefficient (Wildman–Crippen LogP) is 3.04. The van der Waals surface area contributed by atoms with Crippen molar-refractivity contribution in [3.05, 3.63) is 0 Å². The topological polar surface area (TPSA) is 24.5 Å². The van der Waals surface area contributed by atoms with Crippen LogP contribution in [0.4, 0.5) is 0 Å². The average Bonchev–Trinajstić information content (AvgIpc) is 2.47. The molecule has 118 valence electrons. The highest BCUT2D eigenvalue weighted by molar-refractivity contribution is 4.93. The molecule has 2 rings (SSSR count). The maximum absolute atomic E-state index is 5.64. The molecule has 1 heterocycles. The molecule has 1 saturated carbocycles. The second-order valence-corrected chi connectivity index (χ2v) is 7.08. The molecule has 0 radical (unpaired) electrons. The van der Waals surface area contributed by atoms with Crippen LogP contribution >= 0.6 is 0 Å². The van der Waals surface area contributed by atoms with Crippen LogP contribution in [0.15, 0.2) is 0 Å². The van der Waals surface area contributed by atoms with Gasteiger partial charge >= 0.3 is 0 Å². The van der Waals surface area contributed by atoms with Gasteiger partial charge in [0.25, 0.3) is 0 Å². The van der Waals surface area contributed by atoms with Crippen molar-refractivity contribution in [3.8, 4) is 0 Å². The maximum Gasteiger partial charge on any atom is 0.0586 e. The molecule has 4 unspecified atom stereocenters. The summed E-state index contributed by atoms with van der Waals surface area (Å²) in [6.07, 6.45) is 8.26. The van der Waals surface area contributed by atoms with Crippen molar-refractivity contribution in [1.82, 2.24) is 10.2 Å². The van der Waals surface area contributed by atoms with E-state index in [-0.39, 0.29) is 0 Å². The van der Waals surface area contributed by atoms with E-state index < -0.39 is 0 Å². The van der Waals surface area contributed by atoms with Crippen molar-refractivity contribution in [1.29, 1.82) is 0 Å². The predicted molar refractivity (Wildman–Crippen MR) is 85.1 cm³/mol. The molecular formula is C17H34N2O. The molecule has 1 N–H and O–H groups in total. The van der Waals surface area contributed by atoms with E-state index >= 15 is 0 Å². The highest BCUT2D eigenvalue weighted by atomic mass is 16.5. The molecule has 2 fully saturated rings. The lowest BCUT2D eigenvalue weighted by atomic mass is 9.87. The van der Waals surface area contributed by atoms with Gasteiger partial charge in [-0.1, -0.05) is 27.2 Å². The number of hydrogen-bond donors (Lipinski definition) is 1. The summed E-state index contributed by atoms with van der Waals surface area (Å²) in [5.74, 6) is 0.730. The van der Waals surface area contributed by atoms with Crippen molar-refractivity contribution < 1.29 is 4.74 Å². The molecule has 0 aromatic heterocycles. The summed E-state index contributed by atoms with van der Waals surface area (Å²) in [6, 6.07) is 2.13. The van der Waals surface area contributed by atoms with Crippen LogP contribution in [0.25, 0.3) is 0 Å². The Morgan fingerprint density at radius 2 is 2.10 bits per heavy atom. The molecule has 0 spiro atoms. The Balaban J connectivity index is 2.02. The van der Waals surface area contributed by atoms with E-state index in [1.807, 2.05) is 7.11 Å². The lowest BCUT2D eigenvalue weighted by Crippen LogP contribution is -2.61. The van der Waals surface area contributed by atoms with Gasteiger partial charge in [0.15, 0.2) is 0 Å². The van der Waals surface area contributed by atoms with Crippen molar-refractivity contribution in [2.75, 3.05) is 20.2 Å². The Morgan fingerprint density at radius 3 is 2.75 bits per heavy atom. The standard InChI is InChI=1S/C17H34N2O/c1-5-7-14-12-19(17(11-18-14)13(2)3)15-8-6-9-16(10-15)20-4/h13-18H,5-12H2,1-4H3. The van der Waals surface area contributed by atoms with Crippen molar-refractivity contribution in [2.45, 2.75) is 83.5 Å². The zero-order valence-corrected chi connectivity index (χ0v) is 13.9. The van der Waals surface area contributed by atoms with Crippen LogP contribution in [-0.4, -0.2) is 49.3 Å². The Hall–Kier alpha value is -0.120. The normalized spacial score (nSPS) is 36.5. The summed E-state index contributed by atoms with van der Waals surface area (Å²) in [6.45, 7) is 9.43. The van der Waals surface area contributed by atoms with Crippen LogP contribution in [0.2, 0.25) is 0 Å². The molecule has 0 aromatic carbocycles.